The van der Waals surface area contributed by atoms with Crippen molar-refractivity contribution in [3.05, 3.63) is 23.9 Å². The molecule has 3 nitrogen and oxygen atoms in total. The normalized spacial score (nSPS) is 12.6. The van der Waals surface area contributed by atoms with Crippen molar-refractivity contribution >= 4 is 5.82 Å². The van der Waals surface area contributed by atoms with Crippen molar-refractivity contribution in [1.29, 1.82) is 0 Å². The van der Waals surface area contributed by atoms with Crippen LogP contribution in [0.25, 0.3) is 0 Å². The van der Waals surface area contributed by atoms with Crippen LogP contribution in [0.5, 0.6) is 0 Å². The summed E-state index contributed by atoms with van der Waals surface area (Å²) in [4.78, 5) is 4.41. The second-order valence-electron chi connectivity index (χ2n) is 6.49. The molecule has 1 rings (SSSR count). The van der Waals surface area contributed by atoms with Gasteiger partial charge < -0.3 is 10.6 Å². The first-order valence-corrected chi connectivity index (χ1v) is 6.14. The van der Waals surface area contributed by atoms with E-state index in [2.05, 4.69) is 63.2 Å². The zero-order valence-electron chi connectivity index (χ0n) is 11.9. The third kappa shape index (κ3) is 5.68. The van der Waals surface area contributed by atoms with Gasteiger partial charge in [0, 0.05) is 29.4 Å². The molecular weight excluding hydrogens is 210 g/mol. The Balaban J connectivity index is 2.78. The molecule has 0 fully saturated rings. The van der Waals surface area contributed by atoms with Gasteiger partial charge in [-0.15, -0.1) is 0 Å². The first-order valence-electron chi connectivity index (χ1n) is 6.14. The lowest BCUT2D eigenvalue weighted by Crippen LogP contribution is -2.36. The van der Waals surface area contributed by atoms with Crippen LogP contribution in [0.4, 0.5) is 5.82 Å². The average Bonchev–Trinajstić information content (AvgIpc) is 2.12. The van der Waals surface area contributed by atoms with Crippen LogP contribution < -0.4 is 10.6 Å². The number of rotatable bonds is 3. The van der Waals surface area contributed by atoms with Crippen molar-refractivity contribution in [2.24, 2.45) is 0 Å². The number of nitrogens with zero attached hydrogens (tertiary/aromatic N) is 1. The molecule has 0 unspecified atom stereocenters. The van der Waals surface area contributed by atoms with Crippen molar-refractivity contribution in [3.8, 4) is 0 Å². The van der Waals surface area contributed by atoms with Crippen molar-refractivity contribution in [3.63, 3.8) is 0 Å². The molecule has 0 amide bonds. The molecule has 17 heavy (non-hydrogen) atoms. The second-order valence-corrected chi connectivity index (χ2v) is 6.49. The van der Waals surface area contributed by atoms with Crippen molar-refractivity contribution in [2.75, 3.05) is 5.32 Å². The molecule has 0 atom stereocenters. The maximum absolute atomic E-state index is 4.41. The monoisotopic (exact) mass is 235 g/mol. The zero-order chi connectivity index (χ0) is 13.1. The summed E-state index contributed by atoms with van der Waals surface area (Å²) in [6.45, 7) is 13.8. The quantitative estimate of drug-likeness (QED) is 0.845. The summed E-state index contributed by atoms with van der Waals surface area (Å²) in [5.74, 6) is 0.969. The third-order valence-electron chi connectivity index (χ3n) is 2.19. The van der Waals surface area contributed by atoms with Gasteiger partial charge in [-0.2, -0.15) is 0 Å². The van der Waals surface area contributed by atoms with Crippen LogP contribution >= 0.6 is 0 Å². The van der Waals surface area contributed by atoms with Crippen molar-refractivity contribution in [2.45, 2.75) is 59.2 Å². The molecule has 0 aromatic carbocycles. The van der Waals surface area contributed by atoms with E-state index in [4.69, 9.17) is 0 Å². The van der Waals surface area contributed by atoms with E-state index in [1.807, 2.05) is 12.3 Å². The lowest BCUT2D eigenvalue weighted by atomic mass is 10.1. The van der Waals surface area contributed by atoms with Crippen LogP contribution in [0, 0.1) is 0 Å². The molecule has 1 heterocycles. The highest BCUT2D eigenvalue weighted by Gasteiger charge is 2.14. The highest BCUT2D eigenvalue weighted by Crippen LogP contribution is 2.17. The fourth-order valence-corrected chi connectivity index (χ4v) is 1.41. The van der Waals surface area contributed by atoms with Crippen molar-refractivity contribution in [1.82, 2.24) is 10.3 Å². The predicted molar refractivity (Wildman–Crippen MR) is 74.2 cm³/mol. The fraction of sp³-hybridized carbons (Fsp3) is 0.643. The molecule has 2 N–H and O–H groups in total. The van der Waals surface area contributed by atoms with Crippen LogP contribution in [0.15, 0.2) is 18.3 Å². The Morgan fingerprint density at radius 3 is 2.24 bits per heavy atom. The van der Waals surface area contributed by atoms with E-state index in [0.717, 1.165) is 12.4 Å². The molecule has 0 bridgehead atoms. The second kappa shape index (κ2) is 5.05. The van der Waals surface area contributed by atoms with Gasteiger partial charge in [0.15, 0.2) is 0 Å². The number of hydrogen-bond donors (Lipinski definition) is 2. The molecule has 1 aromatic heterocycles. The topological polar surface area (TPSA) is 37.0 Å². The van der Waals surface area contributed by atoms with Gasteiger partial charge in [0.25, 0.3) is 0 Å². The molecular formula is C14H25N3. The van der Waals surface area contributed by atoms with Gasteiger partial charge in [0.1, 0.15) is 5.82 Å². The largest absolute Gasteiger partial charge is 0.365 e. The first kappa shape index (κ1) is 14.0. The van der Waals surface area contributed by atoms with Crippen LogP contribution in [0.3, 0.4) is 0 Å². The van der Waals surface area contributed by atoms with E-state index in [0.29, 0.717) is 0 Å². The van der Waals surface area contributed by atoms with Crippen LogP contribution in [-0.2, 0) is 6.54 Å². The summed E-state index contributed by atoms with van der Waals surface area (Å²) in [6, 6.07) is 4.09. The summed E-state index contributed by atoms with van der Waals surface area (Å²) >= 11 is 0. The molecule has 3 heteroatoms. The SMILES string of the molecule is CC(C)(C)NCc1cccnc1NC(C)(C)C. The Morgan fingerprint density at radius 2 is 1.71 bits per heavy atom. The fourth-order valence-electron chi connectivity index (χ4n) is 1.41. The minimum absolute atomic E-state index is 0.0326. The highest BCUT2D eigenvalue weighted by atomic mass is 15.0. The smallest absolute Gasteiger partial charge is 0.130 e. The van der Waals surface area contributed by atoms with Gasteiger partial charge in [-0.05, 0) is 47.6 Å². The number of hydrogen-bond acceptors (Lipinski definition) is 3. The molecule has 0 aliphatic rings. The molecule has 0 spiro atoms. The van der Waals surface area contributed by atoms with Gasteiger partial charge in [-0.1, -0.05) is 6.07 Å². The highest BCUT2D eigenvalue weighted by molar-refractivity contribution is 5.45. The summed E-state index contributed by atoms with van der Waals surface area (Å²) in [6.07, 6.45) is 1.83. The third-order valence-corrected chi connectivity index (χ3v) is 2.19. The molecule has 96 valence electrons. The van der Waals surface area contributed by atoms with Crippen LogP contribution in [0.1, 0.15) is 47.1 Å². The Hall–Kier alpha value is -1.09. The maximum atomic E-state index is 4.41. The maximum Gasteiger partial charge on any atom is 0.130 e. The minimum atomic E-state index is 0.0326. The van der Waals surface area contributed by atoms with Crippen LogP contribution in [-0.4, -0.2) is 16.1 Å². The van der Waals surface area contributed by atoms with E-state index < -0.39 is 0 Å². The number of aromatic nitrogens is 1. The summed E-state index contributed by atoms with van der Waals surface area (Å²) < 4.78 is 0. The molecule has 0 aliphatic carbocycles. The first-order chi connectivity index (χ1) is 7.67. The van der Waals surface area contributed by atoms with E-state index in [9.17, 15) is 0 Å². The van der Waals surface area contributed by atoms with Gasteiger partial charge in [-0.3, -0.25) is 0 Å². The van der Waals surface area contributed by atoms with Crippen molar-refractivity contribution < 1.29 is 0 Å². The van der Waals surface area contributed by atoms with Gasteiger partial charge in [0.05, 0.1) is 0 Å². The predicted octanol–water partition coefficient (Wildman–Crippen LogP) is 3.18. The number of anilines is 1. The van der Waals surface area contributed by atoms with Gasteiger partial charge in [-0.25, -0.2) is 4.98 Å². The molecule has 0 saturated carbocycles. The van der Waals surface area contributed by atoms with E-state index in [-0.39, 0.29) is 11.1 Å². The standard InChI is InChI=1S/C14H25N3/c1-13(2,3)16-10-11-8-7-9-15-12(11)17-14(4,5)6/h7-9,16H,10H2,1-6H3,(H,15,17). The lowest BCUT2D eigenvalue weighted by Gasteiger charge is -2.25. The summed E-state index contributed by atoms with van der Waals surface area (Å²) in [5, 5.41) is 6.92. The molecule has 0 aliphatic heterocycles. The molecule has 0 radical (unpaired) electrons. The molecule has 0 saturated heterocycles. The zero-order valence-corrected chi connectivity index (χ0v) is 11.9. The Bertz CT molecular complexity index is 358. The van der Waals surface area contributed by atoms with Gasteiger partial charge >= 0.3 is 0 Å². The number of nitrogens with one attached hydrogen (secondary N) is 2. The van der Waals surface area contributed by atoms with E-state index in [1.54, 1.807) is 0 Å². The average molecular weight is 235 g/mol. The Kier molecular flexibility index (Phi) is 4.15. The summed E-state index contributed by atoms with van der Waals surface area (Å²) in [7, 11) is 0. The molecule has 1 aromatic rings. The number of pyridine rings is 1. The van der Waals surface area contributed by atoms with Crippen LogP contribution in [0.2, 0.25) is 0 Å². The van der Waals surface area contributed by atoms with E-state index >= 15 is 0 Å². The van der Waals surface area contributed by atoms with E-state index in [1.165, 1.54) is 5.56 Å². The van der Waals surface area contributed by atoms with Gasteiger partial charge in [0.2, 0.25) is 0 Å². The minimum Gasteiger partial charge on any atom is -0.365 e. The Morgan fingerprint density at radius 1 is 1.06 bits per heavy atom. The Labute approximate surface area is 105 Å². The lowest BCUT2D eigenvalue weighted by molar-refractivity contribution is 0.424. The summed E-state index contributed by atoms with van der Waals surface area (Å²) in [5.41, 5.74) is 1.36.